The number of carbonyl (C=O) groups is 4. The van der Waals surface area contributed by atoms with Crippen LogP contribution in [0.15, 0.2) is 109 Å². The van der Waals surface area contributed by atoms with Crippen molar-refractivity contribution in [2.45, 2.75) is 49.7 Å². The Morgan fingerprint density at radius 2 is 1.00 bits per heavy atom. The number of methoxy groups -OCH3 is 1. The van der Waals surface area contributed by atoms with Gasteiger partial charge in [-0.15, -0.1) is 0 Å². The van der Waals surface area contributed by atoms with E-state index in [9.17, 15) is 19.2 Å². The Bertz CT molecular complexity index is 2520. The summed E-state index contributed by atoms with van der Waals surface area (Å²) in [5.74, 6) is -1.17. The predicted molar refractivity (Wildman–Crippen MR) is 238 cm³/mol. The maximum absolute atomic E-state index is 13.1. The highest BCUT2D eigenvalue weighted by Gasteiger charge is 2.23. The van der Waals surface area contributed by atoms with Crippen LogP contribution < -0.4 is 21.3 Å². The summed E-state index contributed by atoms with van der Waals surface area (Å²) < 4.78 is 16.0. The second kappa shape index (κ2) is 21.0. The van der Waals surface area contributed by atoms with Crippen molar-refractivity contribution in [2.75, 3.05) is 44.2 Å². The highest BCUT2D eigenvalue weighted by Crippen LogP contribution is 2.27. The van der Waals surface area contributed by atoms with Crippen LogP contribution in [0.5, 0.6) is 0 Å². The number of rotatable bonds is 11. The van der Waals surface area contributed by atoms with Crippen molar-refractivity contribution in [3.8, 4) is 0 Å². The number of anilines is 2. The molecule has 0 saturated carbocycles. The van der Waals surface area contributed by atoms with Gasteiger partial charge < -0.3 is 35.5 Å². The predicted octanol–water partition coefficient (Wildman–Crippen LogP) is 7.83. The highest BCUT2D eigenvalue weighted by atomic mass is 79.9. The molecule has 8 rings (SSSR count). The first kappa shape index (κ1) is 43.0. The molecule has 2 fully saturated rings. The number of hydrogen-bond donors (Lipinski definition) is 4. The van der Waals surface area contributed by atoms with Crippen LogP contribution in [0.1, 0.15) is 78.5 Å². The van der Waals surface area contributed by atoms with Crippen LogP contribution in [0.25, 0.3) is 21.5 Å². The second-order valence-corrected chi connectivity index (χ2v) is 15.2. The van der Waals surface area contributed by atoms with Crippen molar-refractivity contribution in [2.24, 2.45) is 0 Å². The minimum atomic E-state index is -0.303. The first-order valence-electron chi connectivity index (χ1n) is 20.2. The van der Waals surface area contributed by atoms with Crippen LogP contribution in [0.3, 0.4) is 0 Å². The molecule has 13 nitrogen and oxygen atoms in total. The number of aromatic nitrogens is 2. The van der Waals surface area contributed by atoms with Gasteiger partial charge in [-0.25, -0.2) is 9.97 Å². The largest absolute Gasteiger partial charge is 0.381 e. The molecule has 14 heteroatoms. The maximum atomic E-state index is 13.1. The second-order valence-electron chi connectivity index (χ2n) is 14.6. The number of hydrogen-bond acceptors (Lipinski definition) is 9. The molecular formula is C47H47BrN6O7. The summed E-state index contributed by atoms with van der Waals surface area (Å²) in [6.45, 7) is 2.98. The number of benzene rings is 4. The van der Waals surface area contributed by atoms with Gasteiger partial charge in [-0.1, -0.05) is 76.6 Å². The van der Waals surface area contributed by atoms with E-state index in [1.54, 1.807) is 49.8 Å². The molecule has 0 bridgehead atoms. The summed E-state index contributed by atoms with van der Waals surface area (Å²) in [5.41, 5.74) is 4.36. The van der Waals surface area contributed by atoms with E-state index < -0.39 is 0 Å². The van der Waals surface area contributed by atoms with Gasteiger partial charge in [-0.05, 0) is 94.8 Å². The summed E-state index contributed by atoms with van der Waals surface area (Å²) >= 11 is 3.50. The molecule has 0 atom stereocenters. The van der Waals surface area contributed by atoms with Crippen LogP contribution in [-0.2, 0) is 26.1 Å². The molecule has 0 spiro atoms. The van der Waals surface area contributed by atoms with Gasteiger partial charge in [0, 0.05) is 74.5 Å². The van der Waals surface area contributed by atoms with Crippen molar-refractivity contribution in [1.29, 1.82) is 0 Å². The smallest absolute Gasteiger partial charge is 0.272 e. The minimum Gasteiger partial charge on any atom is -0.381 e. The zero-order chi connectivity index (χ0) is 42.6. The summed E-state index contributed by atoms with van der Waals surface area (Å²) in [7, 11) is 1.64. The maximum Gasteiger partial charge on any atom is 0.272 e. The van der Waals surface area contributed by atoms with E-state index in [0.29, 0.717) is 60.9 Å². The van der Waals surface area contributed by atoms with Gasteiger partial charge >= 0.3 is 0 Å². The molecule has 4 N–H and O–H groups in total. The van der Waals surface area contributed by atoms with E-state index in [4.69, 9.17) is 14.2 Å². The molecule has 4 aromatic carbocycles. The van der Waals surface area contributed by atoms with Gasteiger partial charge in [0.2, 0.25) is 0 Å². The van der Waals surface area contributed by atoms with E-state index in [0.717, 1.165) is 58.4 Å². The number of pyridine rings is 2. The molecular weight excluding hydrogens is 840 g/mol. The Labute approximate surface area is 362 Å². The Balaban J connectivity index is 0.000000184. The van der Waals surface area contributed by atoms with E-state index in [-0.39, 0.29) is 47.1 Å². The lowest BCUT2D eigenvalue weighted by Crippen LogP contribution is -2.39. The summed E-state index contributed by atoms with van der Waals surface area (Å²) in [5, 5.41) is 16.1. The van der Waals surface area contributed by atoms with Crippen molar-refractivity contribution in [1.82, 2.24) is 20.6 Å². The first-order chi connectivity index (χ1) is 29.8. The minimum absolute atomic E-state index is 0.0454. The lowest BCUT2D eigenvalue weighted by Gasteiger charge is -2.23. The molecule has 0 radical (unpaired) electrons. The Morgan fingerprint density at radius 3 is 1.44 bits per heavy atom. The van der Waals surface area contributed by atoms with Crippen molar-refractivity contribution < 1.29 is 33.4 Å². The van der Waals surface area contributed by atoms with Gasteiger partial charge in [0.15, 0.2) is 11.4 Å². The molecule has 2 aliphatic rings. The molecule has 0 aliphatic carbocycles. The third-order valence-corrected chi connectivity index (χ3v) is 11.2. The lowest BCUT2D eigenvalue weighted by atomic mass is 9.99. The van der Waals surface area contributed by atoms with E-state index in [1.165, 1.54) is 0 Å². The number of alkyl halides is 1. The first-order valence-corrected chi connectivity index (χ1v) is 21.3. The van der Waals surface area contributed by atoms with E-state index in [1.807, 2.05) is 66.7 Å². The van der Waals surface area contributed by atoms with Gasteiger partial charge in [0.1, 0.15) is 0 Å². The number of carbonyl (C=O) groups excluding carboxylic acids is 4. The van der Waals surface area contributed by atoms with Crippen molar-refractivity contribution in [3.05, 3.63) is 143 Å². The number of nitrogens with one attached hydrogen (secondary N) is 4. The van der Waals surface area contributed by atoms with Crippen LogP contribution in [-0.4, -0.2) is 79.2 Å². The number of ether oxygens (including phenoxy) is 3. The molecule has 314 valence electrons. The fraction of sp³-hybridized carbons (Fsp3) is 0.277. The Kier molecular flexibility index (Phi) is 14.8. The zero-order valence-corrected chi connectivity index (χ0v) is 35.3. The topological polar surface area (TPSA) is 170 Å². The number of nitrogens with zero attached hydrogens (tertiary/aromatic N) is 2. The fourth-order valence-electron chi connectivity index (χ4n) is 7.46. The van der Waals surface area contributed by atoms with Crippen LogP contribution in [0.2, 0.25) is 0 Å². The fourth-order valence-corrected chi connectivity index (χ4v) is 7.95. The van der Waals surface area contributed by atoms with Gasteiger partial charge in [0.05, 0.1) is 18.0 Å². The summed E-state index contributed by atoms with van der Waals surface area (Å²) in [4.78, 5) is 60.2. The number of amides is 4. The monoisotopic (exact) mass is 886 g/mol. The van der Waals surface area contributed by atoms with Crippen LogP contribution >= 0.6 is 15.9 Å². The van der Waals surface area contributed by atoms with E-state index >= 15 is 0 Å². The summed E-state index contributed by atoms with van der Waals surface area (Å²) in [6.07, 6.45) is 6.16. The highest BCUT2D eigenvalue weighted by molar-refractivity contribution is 9.08. The molecule has 4 amide bonds. The average molecular weight is 888 g/mol. The average Bonchev–Trinajstić information content (AvgIpc) is 3.30. The lowest BCUT2D eigenvalue weighted by molar-refractivity contribution is 0.0688. The summed E-state index contributed by atoms with van der Waals surface area (Å²) in [6, 6.07) is 29.8. The molecule has 61 heavy (non-hydrogen) atoms. The number of fused-ring (bicyclic) bond motifs is 2. The van der Waals surface area contributed by atoms with Gasteiger partial charge in [0.25, 0.3) is 23.6 Å². The van der Waals surface area contributed by atoms with Gasteiger partial charge in [-0.3, -0.25) is 19.2 Å². The third-order valence-electron chi connectivity index (χ3n) is 10.6. The Morgan fingerprint density at radius 1 is 0.574 bits per heavy atom. The normalized spacial score (nSPS) is 14.4. The van der Waals surface area contributed by atoms with Crippen molar-refractivity contribution >= 4 is 72.5 Å². The molecule has 2 aliphatic heterocycles. The molecule has 6 aromatic rings. The van der Waals surface area contributed by atoms with Crippen LogP contribution in [0, 0.1) is 0 Å². The molecule has 2 saturated heterocycles. The van der Waals surface area contributed by atoms with Crippen molar-refractivity contribution in [3.63, 3.8) is 0 Å². The van der Waals surface area contributed by atoms with Crippen LogP contribution in [0.4, 0.5) is 11.4 Å². The SMILES string of the molecule is COCc1ccc(C(=O)Nc2cccnc2C(=O)NC2CCOCC2)c2ccccc12.O=C(NC1CCOCC1)c1ncccc1NC(=O)c1ccc(CBr)c2ccccc12. The van der Waals surface area contributed by atoms with E-state index in [2.05, 4.69) is 47.2 Å². The quantitative estimate of drug-likeness (QED) is 0.0948. The standard InChI is InChI=1S/C24H25N3O4.C23H22BrN3O3/c1-30-15-16-8-9-20(19-6-3-2-5-18(16)19)23(28)27-21-7-4-12-25-22(21)24(29)26-17-10-13-31-14-11-17;24-14-15-7-8-19(18-5-2-1-4-17(15)18)22(28)27-20-6-3-11-25-21(20)23(29)26-16-9-12-30-13-10-16/h2-9,12,17H,10-11,13-15H2,1H3,(H,26,29)(H,27,28);1-8,11,16H,9-10,12-14H2,(H,26,29)(H,27,28). The third kappa shape index (κ3) is 10.6. The Hall–Kier alpha value is -6.06. The zero-order valence-electron chi connectivity index (χ0n) is 33.7. The van der Waals surface area contributed by atoms with Gasteiger partial charge in [-0.2, -0.15) is 0 Å². The molecule has 0 unspecified atom stereocenters. The molecule has 4 heterocycles. The number of halogens is 1. The molecule has 2 aromatic heterocycles.